The van der Waals surface area contributed by atoms with E-state index in [1.54, 1.807) is 12.4 Å². The topological polar surface area (TPSA) is 40.9 Å². The summed E-state index contributed by atoms with van der Waals surface area (Å²) in [6.07, 6.45) is 8.29. The Labute approximate surface area is 124 Å². The molecule has 2 aliphatic heterocycles. The first kappa shape index (κ1) is 12.5. The van der Waals surface area contributed by atoms with Crippen LogP contribution in [0.2, 0.25) is 0 Å². The summed E-state index contributed by atoms with van der Waals surface area (Å²) in [5, 5.41) is 8.70. The zero-order chi connectivity index (χ0) is 14.1. The van der Waals surface area contributed by atoms with Gasteiger partial charge in [0.15, 0.2) is 0 Å². The molecule has 4 heteroatoms. The van der Waals surface area contributed by atoms with Crippen molar-refractivity contribution in [1.29, 1.82) is 0 Å². The fourth-order valence-electron chi connectivity index (χ4n) is 3.37. The second-order valence-electron chi connectivity index (χ2n) is 5.72. The summed E-state index contributed by atoms with van der Waals surface area (Å²) < 4.78 is 0. The van der Waals surface area contributed by atoms with Gasteiger partial charge in [-0.25, -0.2) is 0 Å². The molecule has 0 spiro atoms. The molecule has 0 saturated carbocycles. The Morgan fingerprint density at radius 2 is 1.67 bits per heavy atom. The Kier molecular flexibility index (Phi) is 3.14. The van der Waals surface area contributed by atoms with Crippen LogP contribution >= 0.6 is 0 Å². The smallest absolute Gasteiger partial charge is 0.104 e. The normalized spacial score (nSPS) is 17.0. The van der Waals surface area contributed by atoms with Gasteiger partial charge in [-0.2, -0.15) is 5.11 Å². The van der Waals surface area contributed by atoms with Crippen molar-refractivity contribution in [1.82, 2.24) is 4.98 Å². The van der Waals surface area contributed by atoms with Gasteiger partial charge in [-0.05, 0) is 61.1 Å². The largest absolute Gasteiger partial charge is 0.371 e. The first-order chi connectivity index (χ1) is 10.4. The van der Waals surface area contributed by atoms with Crippen molar-refractivity contribution in [3.8, 4) is 0 Å². The van der Waals surface area contributed by atoms with E-state index >= 15 is 0 Å². The molecule has 3 heterocycles. The van der Waals surface area contributed by atoms with Crippen LogP contribution in [0.25, 0.3) is 0 Å². The maximum absolute atomic E-state index is 4.41. The molecule has 0 unspecified atom stereocenters. The lowest BCUT2D eigenvalue weighted by molar-refractivity contribution is 0.634. The maximum Gasteiger partial charge on any atom is 0.104 e. The van der Waals surface area contributed by atoms with Crippen molar-refractivity contribution in [3.63, 3.8) is 0 Å². The molecule has 0 radical (unpaired) electrons. The minimum Gasteiger partial charge on any atom is -0.371 e. The molecule has 1 aromatic carbocycles. The lowest BCUT2D eigenvalue weighted by atomic mass is 9.91. The van der Waals surface area contributed by atoms with E-state index in [-0.39, 0.29) is 0 Å². The number of aromatic nitrogens is 1. The monoisotopic (exact) mass is 278 g/mol. The number of benzene rings is 1. The minimum absolute atomic E-state index is 0.797. The summed E-state index contributed by atoms with van der Waals surface area (Å²) in [5.74, 6) is 0. The zero-order valence-electron chi connectivity index (χ0n) is 12.0. The Balaban J connectivity index is 1.70. The zero-order valence-corrected chi connectivity index (χ0v) is 12.0. The highest BCUT2D eigenvalue weighted by Gasteiger charge is 2.24. The van der Waals surface area contributed by atoms with Gasteiger partial charge in [0.2, 0.25) is 0 Å². The Morgan fingerprint density at radius 3 is 2.33 bits per heavy atom. The molecular formula is C17H18N4. The minimum atomic E-state index is 0.797. The van der Waals surface area contributed by atoms with Gasteiger partial charge < -0.3 is 4.90 Å². The van der Waals surface area contributed by atoms with E-state index in [4.69, 9.17) is 0 Å². The average molecular weight is 278 g/mol. The van der Waals surface area contributed by atoms with Gasteiger partial charge in [0.05, 0.1) is 11.9 Å². The van der Waals surface area contributed by atoms with E-state index in [1.807, 2.05) is 12.1 Å². The Morgan fingerprint density at radius 1 is 0.952 bits per heavy atom. The lowest BCUT2D eigenvalue weighted by Crippen LogP contribution is -2.34. The number of anilines is 1. The first-order valence-electron chi connectivity index (χ1n) is 7.63. The number of hydrogen-bond acceptors (Lipinski definition) is 4. The predicted octanol–water partition coefficient (Wildman–Crippen LogP) is 4.20. The Hall–Kier alpha value is -2.23. The first-order valence-corrected chi connectivity index (χ1v) is 7.63. The van der Waals surface area contributed by atoms with Gasteiger partial charge in [0.25, 0.3) is 0 Å². The molecule has 21 heavy (non-hydrogen) atoms. The van der Waals surface area contributed by atoms with Crippen molar-refractivity contribution in [2.45, 2.75) is 25.7 Å². The van der Waals surface area contributed by atoms with Crippen LogP contribution in [0.4, 0.5) is 17.1 Å². The van der Waals surface area contributed by atoms with E-state index in [0.717, 1.165) is 24.2 Å². The van der Waals surface area contributed by atoms with Crippen LogP contribution in [0, 0.1) is 0 Å². The SMILES string of the molecule is c1cncc(N=Nc2cc3c4c(c2)CCCN4CCC3)c1. The molecule has 4 rings (SSSR count). The van der Waals surface area contributed by atoms with E-state index in [1.165, 1.54) is 42.7 Å². The van der Waals surface area contributed by atoms with Gasteiger partial charge in [-0.1, -0.05) is 0 Å². The van der Waals surface area contributed by atoms with Crippen LogP contribution in [-0.2, 0) is 12.8 Å². The lowest BCUT2D eigenvalue weighted by Gasteiger charge is -2.36. The average Bonchev–Trinajstić information content (AvgIpc) is 2.54. The molecule has 2 aliphatic rings. The molecule has 0 aliphatic carbocycles. The second kappa shape index (κ2) is 5.28. The molecule has 0 saturated heterocycles. The summed E-state index contributed by atoms with van der Waals surface area (Å²) in [5.41, 5.74) is 6.13. The van der Waals surface area contributed by atoms with E-state index in [2.05, 4.69) is 32.2 Å². The van der Waals surface area contributed by atoms with Crippen molar-refractivity contribution in [2.24, 2.45) is 10.2 Å². The third-order valence-electron chi connectivity index (χ3n) is 4.24. The fraction of sp³-hybridized carbons (Fsp3) is 0.353. The van der Waals surface area contributed by atoms with Gasteiger partial charge in [-0.15, -0.1) is 5.11 Å². The summed E-state index contributed by atoms with van der Waals surface area (Å²) in [6, 6.07) is 8.20. The van der Waals surface area contributed by atoms with Crippen LogP contribution in [0.5, 0.6) is 0 Å². The van der Waals surface area contributed by atoms with Crippen molar-refractivity contribution < 1.29 is 0 Å². The number of rotatable bonds is 2. The van der Waals surface area contributed by atoms with Crippen LogP contribution in [-0.4, -0.2) is 18.1 Å². The molecule has 0 atom stereocenters. The van der Waals surface area contributed by atoms with Gasteiger partial charge in [0.1, 0.15) is 5.69 Å². The number of aryl methyl sites for hydroxylation is 2. The van der Waals surface area contributed by atoms with E-state index < -0.39 is 0 Å². The number of azo groups is 1. The molecule has 0 N–H and O–H groups in total. The van der Waals surface area contributed by atoms with Gasteiger partial charge in [-0.3, -0.25) is 4.98 Å². The van der Waals surface area contributed by atoms with Crippen LogP contribution in [0.1, 0.15) is 24.0 Å². The van der Waals surface area contributed by atoms with Crippen LogP contribution in [0.15, 0.2) is 46.9 Å². The molecule has 106 valence electrons. The van der Waals surface area contributed by atoms with Crippen molar-refractivity contribution >= 4 is 17.1 Å². The standard InChI is InChI=1S/C17H18N4/c1-6-15(12-18-7-1)19-20-16-10-13-4-2-8-21-9-3-5-14(11-16)17(13)21/h1,6-7,10-12H,2-5,8-9H2. The maximum atomic E-state index is 4.41. The van der Waals surface area contributed by atoms with E-state index in [0.29, 0.717) is 0 Å². The molecule has 4 nitrogen and oxygen atoms in total. The van der Waals surface area contributed by atoms with Crippen molar-refractivity contribution in [2.75, 3.05) is 18.0 Å². The summed E-state index contributed by atoms with van der Waals surface area (Å²) in [6.45, 7) is 2.41. The molecule has 0 amide bonds. The van der Waals surface area contributed by atoms with Gasteiger partial charge in [0, 0.05) is 25.0 Å². The molecular weight excluding hydrogens is 260 g/mol. The highest BCUT2D eigenvalue weighted by molar-refractivity contribution is 5.67. The summed E-state index contributed by atoms with van der Waals surface area (Å²) in [4.78, 5) is 6.60. The number of hydrogen-bond donors (Lipinski definition) is 0. The van der Waals surface area contributed by atoms with E-state index in [9.17, 15) is 0 Å². The second-order valence-corrected chi connectivity index (χ2v) is 5.72. The number of pyridine rings is 1. The molecule has 2 aromatic rings. The van der Waals surface area contributed by atoms with Crippen LogP contribution in [0.3, 0.4) is 0 Å². The molecule has 0 fully saturated rings. The highest BCUT2D eigenvalue weighted by Crippen LogP contribution is 2.38. The van der Waals surface area contributed by atoms with Crippen LogP contribution < -0.4 is 4.90 Å². The molecule has 1 aromatic heterocycles. The third-order valence-corrected chi connectivity index (χ3v) is 4.24. The number of nitrogens with zero attached hydrogens (tertiary/aromatic N) is 4. The third kappa shape index (κ3) is 2.42. The highest BCUT2D eigenvalue weighted by atomic mass is 15.1. The Bertz CT molecular complexity index is 647. The predicted molar refractivity (Wildman–Crippen MR) is 83.7 cm³/mol. The van der Waals surface area contributed by atoms with Crippen molar-refractivity contribution in [3.05, 3.63) is 47.8 Å². The fourth-order valence-corrected chi connectivity index (χ4v) is 3.37. The summed E-state index contributed by atoms with van der Waals surface area (Å²) in [7, 11) is 0. The summed E-state index contributed by atoms with van der Waals surface area (Å²) >= 11 is 0. The molecule has 0 bridgehead atoms. The quantitative estimate of drug-likeness (QED) is 0.773. The van der Waals surface area contributed by atoms with Gasteiger partial charge >= 0.3 is 0 Å².